The van der Waals surface area contributed by atoms with E-state index in [1.54, 1.807) is 6.08 Å². The summed E-state index contributed by atoms with van der Waals surface area (Å²) in [5.74, 6) is 6.34. The quantitative estimate of drug-likeness (QED) is 0.300. The Morgan fingerprint density at radius 2 is 1.74 bits per heavy atom. The van der Waals surface area contributed by atoms with Crippen molar-refractivity contribution in [2.75, 3.05) is 0 Å². The van der Waals surface area contributed by atoms with Gasteiger partial charge in [0.1, 0.15) is 11.9 Å². The van der Waals surface area contributed by atoms with Crippen molar-refractivity contribution in [3.05, 3.63) is 11.6 Å². The first-order valence-corrected chi connectivity index (χ1v) is 9.68. The molecule has 19 heavy (non-hydrogen) atoms. The normalized spacial score (nSPS) is 12.8. The molecule has 0 N–H and O–H groups in total. The number of rotatable bonds is 7. The predicted octanol–water partition coefficient (Wildman–Crippen LogP) is 4.33. The minimum Gasteiger partial charge on any atom is -0.401 e. The Labute approximate surface area is 119 Å². The monoisotopic (exact) mass is 280 g/mol. The Bertz CT molecular complexity index is 360. The van der Waals surface area contributed by atoms with Crippen LogP contribution in [0, 0.1) is 11.8 Å². The van der Waals surface area contributed by atoms with E-state index >= 15 is 0 Å². The minimum atomic E-state index is -1.62. The van der Waals surface area contributed by atoms with E-state index in [1.165, 1.54) is 0 Å². The molecule has 0 aromatic carbocycles. The van der Waals surface area contributed by atoms with Gasteiger partial charge in [-0.1, -0.05) is 38.2 Å². The fourth-order valence-electron chi connectivity index (χ4n) is 2.10. The lowest BCUT2D eigenvalue weighted by Crippen LogP contribution is -2.43. The molecular formula is C16H28O2Si. The summed E-state index contributed by atoms with van der Waals surface area (Å²) in [6.45, 7) is 12.7. The summed E-state index contributed by atoms with van der Waals surface area (Å²) in [6, 6.07) is 3.40. The first-order valence-electron chi connectivity index (χ1n) is 7.16. The van der Waals surface area contributed by atoms with Crippen LogP contribution in [0.4, 0.5) is 0 Å². The standard InChI is InChI=1S/C16H28O2Si/c1-7-19(8-2,9-3)18-16(5,6)13-10-11-15(4)12-14-17/h12,14H,7-9,11H2,1-6H3/b15-12+. The average Bonchev–Trinajstić information content (AvgIpc) is 2.36. The van der Waals surface area contributed by atoms with E-state index in [-0.39, 0.29) is 0 Å². The number of hydrogen-bond acceptors (Lipinski definition) is 2. The highest BCUT2D eigenvalue weighted by atomic mass is 28.4. The van der Waals surface area contributed by atoms with Gasteiger partial charge in [0.15, 0.2) is 8.32 Å². The van der Waals surface area contributed by atoms with E-state index in [2.05, 4.69) is 32.6 Å². The second-order valence-electron chi connectivity index (χ2n) is 5.48. The van der Waals surface area contributed by atoms with E-state index in [9.17, 15) is 4.79 Å². The lowest BCUT2D eigenvalue weighted by molar-refractivity contribution is -0.104. The molecule has 0 heterocycles. The molecule has 0 aromatic rings. The molecule has 0 aliphatic carbocycles. The number of carbonyl (C=O) groups is 1. The average molecular weight is 280 g/mol. The molecule has 0 aliphatic rings. The van der Waals surface area contributed by atoms with Crippen molar-refractivity contribution in [2.24, 2.45) is 0 Å². The maximum atomic E-state index is 10.3. The highest BCUT2D eigenvalue weighted by Gasteiger charge is 2.34. The van der Waals surface area contributed by atoms with Crippen LogP contribution in [0.25, 0.3) is 0 Å². The summed E-state index contributed by atoms with van der Waals surface area (Å²) < 4.78 is 6.39. The van der Waals surface area contributed by atoms with E-state index in [4.69, 9.17) is 4.43 Å². The highest BCUT2D eigenvalue weighted by molar-refractivity contribution is 6.73. The Hall–Kier alpha value is -0.853. The number of allylic oxidation sites excluding steroid dienone is 2. The number of aldehydes is 1. The van der Waals surface area contributed by atoms with Gasteiger partial charge in [-0.05, 0) is 45.0 Å². The molecule has 0 saturated carbocycles. The second-order valence-corrected chi connectivity index (χ2v) is 10.2. The van der Waals surface area contributed by atoms with E-state index < -0.39 is 13.9 Å². The third kappa shape index (κ3) is 6.75. The first kappa shape index (κ1) is 18.1. The molecule has 3 heteroatoms. The maximum absolute atomic E-state index is 10.3. The summed E-state index contributed by atoms with van der Waals surface area (Å²) in [6.07, 6.45) is 3.00. The second kappa shape index (κ2) is 8.34. The molecule has 0 rings (SSSR count). The zero-order chi connectivity index (χ0) is 14.9. The van der Waals surface area contributed by atoms with Crippen molar-refractivity contribution in [1.82, 2.24) is 0 Å². The molecule has 0 aliphatic heterocycles. The van der Waals surface area contributed by atoms with Gasteiger partial charge in [0.2, 0.25) is 0 Å². The minimum absolute atomic E-state index is 0.393. The third-order valence-electron chi connectivity index (χ3n) is 3.51. The van der Waals surface area contributed by atoms with Gasteiger partial charge < -0.3 is 4.43 Å². The highest BCUT2D eigenvalue weighted by Crippen LogP contribution is 2.27. The smallest absolute Gasteiger partial charge is 0.194 e. The molecule has 0 amide bonds. The SMILES string of the molecule is CC[Si](CC)(CC)OC(C)(C)C#CC/C(C)=C/C=O. The van der Waals surface area contributed by atoms with Crippen LogP contribution in [-0.2, 0) is 9.22 Å². The van der Waals surface area contributed by atoms with Gasteiger partial charge in [-0.2, -0.15) is 0 Å². The van der Waals surface area contributed by atoms with Crippen molar-refractivity contribution in [3.63, 3.8) is 0 Å². The Balaban J connectivity index is 4.76. The molecule has 0 fully saturated rings. The van der Waals surface area contributed by atoms with Crippen molar-refractivity contribution in [3.8, 4) is 11.8 Å². The summed E-state index contributed by atoms with van der Waals surface area (Å²) >= 11 is 0. The lowest BCUT2D eigenvalue weighted by Gasteiger charge is -2.35. The Morgan fingerprint density at radius 1 is 1.21 bits per heavy atom. The van der Waals surface area contributed by atoms with Gasteiger partial charge >= 0.3 is 0 Å². The fraction of sp³-hybridized carbons (Fsp3) is 0.688. The Morgan fingerprint density at radius 3 is 2.16 bits per heavy atom. The zero-order valence-corrected chi connectivity index (χ0v) is 14.3. The third-order valence-corrected chi connectivity index (χ3v) is 8.32. The summed E-state index contributed by atoms with van der Waals surface area (Å²) in [5, 5.41) is 0. The van der Waals surface area contributed by atoms with Crippen molar-refractivity contribution in [2.45, 2.75) is 71.7 Å². The van der Waals surface area contributed by atoms with Crippen LogP contribution >= 0.6 is 0 Å². The van der Waals surface area contributed by atoms with E-state index in [1.807, 2.05) is 20.8 Å². The first-order chi connectivity index (χ1) is 8.84. The van der Waals surface area contributed by atoms with Gasteiger partial charge in [0, 0.05) is 6.42 Å². The molecule has 0 bridgehead atoms. The van der Waals surface area contributed by atoms with Crippen molar-refractivity contribution >= 4 is 14.6 Å². The van der Waals surface area contributed by atoms with Crippen LogP contribution in [0.1, 0.15) is 48.0 Å². The molecule has 2 nitrogen and oxygen atoms in total. The van der Waals surface area contributed by atoms with Crippen molar-refractivity contribution in [1.29, 1.82) is 0 Å². The lowest BCUT2D eigenvalue weighted by atomic mass is 10.1. The van der Waals surface area contributed by atoms with E-state index in [0.717, 1.165) is 30.0 Å². The van der Waals surface area contributed by atoms with Gasteiger partial charge in [0.05, 0.1) is 0 Å². The van der Waals surface area contributed by atoms with Crippen molar-refractivity contribution < 1.29 is 9.22 Å². The molecule has 0 atom stereocenters. The van der Waals surface area contributed by atoms with Gasteiger partial charge in [-0.15, -0.1) is 0 Å². The topological polar surface area (TPSA) is 26.3 Å². The molecular weight excluding hydrogens is 252 g/mol. The van der Waals surface area contributed by atoms with Crippen LogP contribution in [0.3, 0.4) is 0 Å². The van der Waals surface area contributed by atoms with Crippen LogP contribution in [0.15, 0.2) is 11.6 Å². The summed E-state index contributed by atoms with van der Waals surface area (Å²) in [7, 11) is -1.62. The fourth-order valence-corrected chi connectivity index (χ4v) is 5.17. The molecule has 0 spiro atoms. The summed E-state index contributed by atoms with van der Waals surface area (Å²) in [4.78, 5) is 10.3. The van der Waals surface area contributed by atoms with Gasteiger partial charge in [0.25, 0.3) is 0 Å². The van der Waals surface area contributed by atoms with Gasteiger partial charge in [-0.3, -0.25) is 4.79 Å². The molecule has 0 saturated heterocycles. The molecule has 0 aromatic heterocycles. The van der Waals surface area contributed by atoms with Crippen LogP contribution in [0.5, 0.6) is 0 Å². The van der Waals surface area contributed by atoms with Crippen LogP contribution in [0.2, 0.25) is 18.1 Å². The predicted molar refractivity (Wildman–Crippen MR) is 84.6 cm³/mol. The summed E-state index contributed by atoms with van der Waals surface area (Å²) in [5.41, 5.74) is 0.596. The Kier molecular flexibility index (Phi) is 7.97. The molecule has 0 unspecified atom stereocenters. The molecule has 0 radical (unpaired) electrons. The van der Waals surface area contributed by atoms with Crippen LogP contribution < -0.4 is 0 Å². The molecule has 108 valence electrons. The van der Waals surface area contributed by atoms with Gasteiger partial charge in [-0.25, -0.2) is 0 Å². The van der Waals surface area contributed by atoms with E-state index in [0.29, 0.717) is 6.42 Å². The largest absolute Gasteiger partial charge is 0.401 e. The maximum Gasteiger partial charge on any atom is 0.194 e. The van der Waals surface area contributed by atoms with Crippen LogP contribution in [-0.4, -0.2) is 20.2 Å². The zero-order valence-electron chi connectivity index (χ0n) is 13.3. The number of carbonyl (C=O) groups excluding carboxylic acids is 1. The number of hydrogen-bond donors (Lipinski definition) is 0.